The van der Waals surface area contributed by atoms with Gasteiger partial charge in [-0.15, -0.1) is 0 Å². The van der Waals surface area contributed by atoms with E-state index in [0.717, 1.165) is 12.8 Å². The Balaban J connectivity index is 2.08. The molecule has 0 saturated heterocycles. The molecular formula is C22H24Cl2O4. The number of esters is 2. The Morgan fingerprint density at radius 2 is 1.61 bits per heavy atom. The summed E-state index contributed by atoms with van der Waals surface area (Å²) in [5.74, 6) is -0.608. The van der Waals surface area contributed by atoms with Gasteiger partial charge in [-0.25, -0.2) is 9.59 Å². The van der Waals surface area contributed by atoms with Crippen molar-refractivity contribution in [2.45, 2.75) is 39.7 Å². The number of carbonyl (C=O) groups excluding carboxylic acids is 2. The first-order valence-corrected chi connectivity index (χ1v) is 9.97. The van der Waals surface area contributed by atoms with Gasteiger partial charge in [-0.3, -0.25) is 0 Å². The Morgan fingerprint density at radius 1 is 0.964 bits per heavy atom. The molecule has 0 aliphatic carbocycles. The zero-order chi connectivity index (χ0) is 20.7. The molecule has 2 aromatic carbocycles. The van der Waals surface area contributed by atoms with Gasteiger partial charge < -0.3 is 9.47 Å². The third-order valence-electron chi connectivity index (χ3n) is 4.21. The molecule has 0 saturated carbocycles. The van der Waals surface area contributed by atoms with Gasteiger partial charge in [-0.1, -0.05) is 55.2 Å². The minimum absolute atomic E-state index is 0.160. The number of carbonyl (C=O) groups is 2. The Labute approximate surface area is 175 Å². The fourth-order valence-corrected chi connectivity index (χ4v) is 3.25. The van der Waals surface area contributed by atoms with Gasteiger partial charge >= 0.3 is 11.9 Å². The Hall–Kier alpha value is -2.04. The first-order chi connectivity index (χ1) is 13.3. The summed E-state index contributed by atoms with van der Waals surface area (Å²) < 4.78 is 10.8. The van der Waals surface area contributed by atoms with Crippen molar-refractivity contribution in [2.24, 2.45) is 5.92 Å². The van der Waals surface area contributed by atoms with Gasteiger partial charge in [0.25, 0.3) is 0 Å². The lowest BCUT2D eigenvalue weighted by atomic mass is 10.1. The maximum atomic E-state index is 12.7. The SMILES string of the molecule is CC(C)CCCOC(=O)c1ccccc1C(=O)OC(C)c1ccc(Cl)cc1Cl. The smallest absolute Gasteiger partial charge is 0.339 e. The molecule has 0 aliphatic rings. The molecule has 2 aromatic rings. The largest absolute Gasteiger partial charge is 0.462 e. The molecular weight excluding hydrogens is 399 g/mol. The van der Waals surface area contributed by atoms with Crippen LogP contribution in [0, 0.1) is 5.92 Å². The number of ether oxygens (including phenoxy) is 2. The predicted octanol–water partition coefficient (Wildman–Crippen LogP) is 6.50. The molecule has 0 N–H and O–H groups in total. The molecule has 150 valence electrons. The Kier molecular flexibility index (Phi) is 8.34. The van der Waals surface area contributed by atoms with E-state index < -0.39 is 18.0 Å². The molecule has 1 atom stereocenters. The molecule has 0 bridgehead atoms. The van der Waals surface area contributed by atoms with E-state index in [2.05, 4.69) is 13.8 Å². The van der Waals surface area contributed by atoms with E-state index in [9.17, 15) is 9.59 Å². The van der Waals surface area contributed by atoms with Crippen molar-refractivity contribution >= 4 is 35.1 Å². The lowest BCUT2D eigenvalue weighted by Crippen LogP contribution is -2.16. The van der Waals surface area contributed by atoms with Crippen LogP contribution in [0.5, 0.6) is 0 Å². The molecule has 0 fully saturated rings. The normalized spacial score (nSPS) is 11.9. The van der Waals surface area contributed by atoms with Crippen LogP contribution in [0.15, 0.2) is 42.5 Å². The van der Waals surface area contributed by atoms with Crippen LogP contribution in [0.25, 0.3) is 0 Å². The third kappa shape index (κ3) is 6.25. The van der Waals surface area contributed by atoms with Gasteiger partial charge in [0.2, 0.25) is 0 Å². The summed E-state index contributed by atoms with van der Waals surface area (Å²) in [4.78, 5) is 25.0. The summed E-state index contributed by atoms with van der Waals surface area (Å²) in [6.45, 7) is 6.25. The number of hydrogen-bond donors (Lipinski definition) is 0. The highest BCUT2D eigenvalue weighted by Crippen LogP contribution is 2.29. The molecule has 0 aromatic heterocycles. The van der Waals surface area contributed by atoms with Gasteiger partial charge in [0.05, 0.1) is 17.7 Å². The van der Waals surface area contributed by atoms with E-state index in [4.69, 9.17) is 32.7 Å². The van der Waals surface area contributed by atoms with Crippen LogP contribution >= 0.6 is 23.2 Å². The van der Waals surface area contributed by atoms with Gasteiger partial charge in [-0.2, -0.15) is 0 Å². The second kappa shape index (κ2) is 10.5. The highest BCUT2D eigenvalue weighted by atomic mass is 35.5. The fourth-order valence-electron chi connectivity index (χ4n) is 2.69. The summed E-state index contributed by atoms with van der Waals surface area (Å²) >= 11 is 12.1. The monoisotopic (exact) mass is 422 g/mol. The summed E-state index contributed by atoms with van der Waals surface area (Å²) in [6, 6.07) is 11.4. The Morgan fingerprint density at radius 3 is 2.21 bits per heavy atom. The molecule has 0 heterocycles. The molecule has 28 heavy (non-hydrogen) atoms. The minimum atomic E-state index is -0.617. The number of hydrogen-bond acceptors (Lipinski definition) is 4. The van der Waals surface area contributed by atoms with Crippen molar-refractivity contribution < 1.29 is 19.1 Å². The van der Waals surface area contributed by atoms with Crippen LogP contribution in [0.4, 0.5) is 0 Å². The van der Waals surface area contributed by atoms with Gasteiger partial charge in [0.15, 0.2) is 0 Å². The first-order valence-electron chi connectivity index (χ1n) is 9.21. The van der Waals surface area contributed by atoms with E-state index >= 15 is 0 Å². The maximum absolute atomic E-state index is 12.7. The third-order valence-corrected chi connectivity index (χ3v) is 4.77. The molecule has 1 unspecified atom stereocenters. The van der Waals surface area contributed by atoms with Gasteiger partial charge in [0, 0.05) is 15.6 Å². The lowest BCUT2D eigenvalue weighted by Gasteiger charge is -2.16. The summed E-state index contributed by atoms with van der Waals surface area (Å²) in [5.41, 5.74) is 0.980. The number of benzene rings is 2. The van der Waals surface area contributed by atoms with Crippen LogP contribution in [0.2, 0.25) is 10.0 Å². The van der Waals surface area contributed by atoms with Crippen molar-refractivity contribution in [3.8, 4) is 0 Å². The number of halogens is 2. The molecule has 0 radical (unpaired) electrons. The van der Waals surface area contributed by atoms with Crippen LogP contribution < -0.4 is 0 Å². The van der Waals surface area contributed by atoms with Crippen LogP contribution in [0.1, 0.15) is 66.0 Å². The molecule has 2 rings (SSSR count). The highest BCUT2D eigenvalue weighted by molar-refractivity contribution is 6.35. The van der Waals surface area contributed by atoms with E-state index in [1.165, 1.54) is 0 Å². The molecule has 0 amide bonds. The molecule has 0 aliphatic heterocycles. The van der Waals surface area contributed by atoms with Crippen molar-refractivity contribution in [1.29, 1.82) is 0 Å². The summed E-state index contributed by atoms with van der Waals surface area (Å²) in [7, 11) is 0. The van der Waals surface area contributed by atoms with Crippen molar-refractivity contribution in [2.75, 3.05) is 6.61 Å². The lowest BCUT2D eigenvalue weighted by molar-refractivity contribution is 0.0324. The van der Waals surface area contributed by atoms with E-state index in [1.54, 1.807) is 49.4 Å². The fraction of sp³-hybridized carbons (Fsp3) is 0.364. The number of rotatable bonds is 8. The predicted molar refractivity (Wildman–Crippen MR) is 111 cm³/mol. The minimum Gasteiger partial charge on any atom is -0.462 e. The van der Waals surface area contributed by atoms with Crippen molar-refractivity contribution in [3.63, 3.8) is 0 Å². The second-order valence-corrected chi connectivity index (χ2v) is 7.77. The first kappa shape index (κ1) is 22.3. The molecule has 0 spiro atoms. The highest BCUT2D eigenvalue weighted by Gasteiger charge is 2.22. The topological polar surface area (TPSA) is 52.6 Å². The standard InChI is InChI=1S/C22H24Cl2O4/c1-14(2)7-6-12-27-21(25)18-8-4-5-9-19(18)22(26)28-15(3)17-11-10-16(23)13-20(17)24/h4-5,8-11,13-15H,6-7,12H2,1-3H3. The van der Waals surface area contributed by atoms with E-state index in [-0.39, 0.29) is 11.1 Å². The van der Waals surface area contributed by atoms with Crippen molar-refractivity contribution in [3.05, 3.63) is 69.2 Å². The summed E-state index contributed by atoms with van der Waals surface area (Å²) in [5, 5.41) is 0.906. The quantitative estimate of drug-likeness (QED) is 0.359. The van der Waals surface area contributed by atoms with Gasteiger partial charge in [-0.05, 0) is 49.9 Å². The summed E-state index contributed by atoms with van der Waals surface area (Å²) in [6.07, 6.45) is 1.14. The van der Waals surface area contributed by atoms with Crippen LogP contribution in [-0.2, 0) is 9.47 Å². The maximum Gasteiger partial charge on any atom is 0.339 e. The molecule has 4 nitrogen and oxygen atoms in total. The van der Waals surface area contributed by atoms with Crippen LogP contribution in [0.3, 0.4) is 0 Å². The van der Waals surface area contributed by atoms with Crippen LogP contribution in [-0.4, -0.2) is 18.5 Å². The zero-order valence-electron chi connectivity index (χ0n) is 16.2. The average Bonchev–Trinajstić information content (AvgIpc) is 2.64. The zero-order valence-corrected chi connectivity index (χ0v) is 17.7. The molecule has 6 heteroatoms. The average molecular weight is 423 g/mol. The van der Waals surface area contributed by atoms with E-state index in [0.29, 0.717) is 28.1 Å². The Bertz CT molecular complexity index is 833. The van der Waals surface area contributed by atoms with Gasteiger partial charge in [0.1, 0.15) is 6.10 Å². The second-order valence-electron chi connectivity index (χ2n) is 6.93. The van der Waals surface area contributed by atoms with E-state index in [1.807, 2.05) is 0 Å². The van der Waals surface area contributed by atoms with Crippen molar-refractivity contribution in [1.82, 2.24) is 0 Å².